The molecule has 2 rings (SSSR count). The van der Waals surface area contributed by atoms with Gasteiger partial charge in [-0.3, -0.25) is 4.79 Å². The Labute approximate surface area is 104 Å². The zero-order chi connectivity index (χ0) is 12.1. The molecule has 0 unspecified atom stereocenters. The number of anilines is 1. The number of thioether (sulfide) groups is 1. The van der Waals surface area contributed by atoms with Gasteiger partial charge in [0.15, 0.2) is 0 Å². The minimum absolute atomic E-state index is 0.197. The molecule has 1 aliphatic rings. The van der Waals surface area contributed by atoms with E-state index in [2.05, 4.69) is 20.5 Å². The molecule has 94 valence electrons. The highest BCUT2D eigenvalue weighted by Gasteiger charge is 2.15. The number of nitrogen functional groups attached to an aromatic ring is 1. The number of carbonyl (C=O) groups excluding carboxylic acids is 1. The van der Waals surface area contributed by atoms with Crippen molar-refractivity contribution in [2.75, 3.05) is 37.7 Å². The van der Waals surface area contributed by atoms with Gasteiger partial charge < -0.3 is 16.0 Å². The standard InChI is InChI=1S/C9H16N6OS/c10-8-12-9(14-13-8)17-6-1-7(16)15-4-2-11-3-5-15/h11H,1-6H2,(H3,10,12,13,14). The number of nitrogens with one attached hydrogen (secondary N) is 2. The average molecular weight is 256 g/mol. The third kappa shape index (κ3) is 3.60. The van der Waals surface area contributed by atoms with Crippen LogP contribution in [0.5, 0.6) is 0 Å². The van der Waals surface area contributed by atoms with Crippen molar-refractivity contribution < 1.29 is 4.79 Å². The molecule has 0 spiro atoms. The Balaban J connectivity index is 1.69. The molecule has 0 radical (unpaired) electrons. The summed E-state index contributed by atoms with van der Waals surface area (Å²) < 4.78 is 0. The molecule has 1 saturated heterocycles. The van der Waals surface area contributed by atoms with E-state index >= 15 is 0 Å². The number of aromatic nitrogens is 3. The van der Waals surface area contributed by atoms with E-state index in [0.717, 1.165) is 26.2 Å². The van der Waals surface area contributed by atoms with Gasteiger partial charge in [-0.15, -0.1) is 5.10 Å². The summed E-state index contributed by atoms with van der Waals surface area (Å²) in [4.78, 5) is 17.7. The van der Waals surface area contributed by atoms with E-state index in [1.807, 2.05) is 4.90 Å². The third-order valence-corrected chi connectivity index (χ3v) is 3.35. The molecule has 0 aliphatic carbocycles. The van der Waals surface area contributed by atoms with Crippen molar-refractivity contribution in [3.63, 3.8) is 0 Å². The van der Waals surface area contributed by atoms with Gasteiger partial charge in [0, 0.05) is 38.4 Å². The van der Waals surface area contributed by atoms with Crippen molar-refractivity contribution >= 4 is 23.6 Å². The maximum Gasteiger partial charge on any atom is 0.223 e. The van der Waals surface area contributed by atoms with Gasteiger partial charge in [0.1, 0.15) is 0 Å². The van der Waals surface area contributed by atoms with Crippen LogP contribution in [-0.4, -0.2) is 57.9 Å². The number of amides is 1. The quantitative estimate of drug-likeness (QED) is 0.616. The summed E-state index contributed by atoms with van der Waals surface area (Å²) in [6, 6.07) is 0. The molecule has 7 nitrogen and oxygen atoms in total. The monoisotopic (exact) mass is 256 g/mol. The third-order valence-electron chi connectivity index (χ3n) is 2.50. The van der Waals surface area contributed by atoms with E-state index < -0.39 is 0 Å². The van der Waals surface area contributed by atoms with Crippen LogP contribution in [-0.2, 0) is 4.79 Å². The highest BCUT2D eigenvalue weighted by Crippen LogP contribution is 2.14. The van der Waals surface area contributed by atoms with Crippen LogP contribution in [0.2, 0.25) is 0 Å². The van der Waals surface area contributed by atoms with Gasteiger partial charge in [-0.25, -0.2) is 5.10 Å². The van der Waals surface area contributed by atoms with Gasteiger partial charge in [0.25, 0.3) is 0 Å². The van der Waals surface area contributed by atoms with Crippen molar-refractivity contribution in [2.24, 2.45) is 0 Å². The zero-order valence-corrected chi connectivity index (χ0v) is 10.3. The summed E-state index contributed by atoms with van der Waals surface area (Å²) in [5.41, 5.74) is 5.40. The van der Waals surface area contributed by atoms with E-state index in [1.54, 1.807) is 0 Å². The number of rotatable bonds is 4. The molecular formula is C9H16N6OS. The van der Waals surface area contributed by atoms with Gasteiger partial charge >= 0.3 is 0 Å². The molecule has 0 atom stereocenters. The summed E-state index contributed by atoms with van der Waals surface area (Å²) in [6.45, 7) is 3.38. The normalized spacial score (nSPS) is 16.1. The van der Waals surface area contributed by atoms with Crippen molar-refractivity contribution in [3.8, 4) is 0 Å². The molecule has 1 amide bonds. The lowest BCUT2D eigenvalue weighted by Crippen LogP contribution is -2.46. The number of hydrogen-bond donors (Lipinski definition) is 3. The first-order valence-corrected chi connectivity index (χ1v) is 6.53. The number of aromatic amines is 1. The van der Waals surface area contributed by atoms with E-state index in [-0.39, 0.29) is 5.91 Å². The average Bonchev–Trinajstić information content (AvgIpc) is 2.76. The topological polar surface area (TPSA) is 99.9 Å². The Bertz CT molecular complexity index is 375. The first kappa shape index (κ1) is 12.2. The van der Waals surface area contributed by atoms with Crippen LogP contribution in [0.15, 0.2) is 5.16 Å². The highest BCUT2D eigenvalue weighted by molar-refractivity contribution is 7.99. The Hall–Kier alpha value is -1.28. The lowest BCUT2D eigenvalue weighted by atomic mass is 10.3. The number of hydrogen-bond acceptors (Lipinski definition) is 6. The van der Waals surface area contributed by atoms with Crippen LogP contribution in [0.4, 0.5) is 5.95 Å². The lowest BCUT2D eigenvalue weighted by molar-refractivity contribution is -0.131. The van der Waals surface area contributed by atoms with E-state index in [0.29, 0.717) is 23.3 Å². The summed E-state index contributed by atoms with van der Waals surface area (Å²) >= 11 is 1.44. The highest BCUT2D eigenvalue weighted by atomic mass is 32.2. The van der Waals surface area contributed by atoms with Gasteiger partial charge in [0.05, 0.1) is 0 Å². The van der Waals surface area contributed by atoms with Crippen LogP contribution >= 0.6 is 11.8 Å². The van der Waals surface area contributed by atoms with Crippen molar-refractivity contribution in [2.45, 2.75) is 11.6 Å². The Morgan fingerprint density at radius 1 is 1.47 bits per heavy atom. The molecule has 1 aromatic rings. The van der Waals surface area contributed by atoms with E-state index in [9.17, 15) is 4.79 Å². The molecule has 0 bridgehead atoms. The molecule has 1 aliphatic heterocycles. The van der Waals surface area contributed by atoms with Crippen LogP contribution < -0.4 is 11.1 Å². The second kappa shape index (κ2) is 5.87. The molecule has 1 fully saturated rings. The maximum absolute atomic E-state index is 11.8. The Morgan fingerprint density at radius 2 is 2.24 bits per heavy atom. The number of nitrogens with two attached hydrogens (primary N) is 1. The van der Waals surface area contributed by atoms with Crippen LogP contribution in [0.3, 0.4) is 0 Å². The van der Waals surface area contributed by atoms with Gasteiger partial charge in [-0.2, -0.15) is 4.98 Å². The summed E-state index contributed by atoms with van der Waals surface area (Å²) in [5, 5.41) is 10.3. The van der Waals surface area contributed by atoms with Gasteiger partial charge in [-0.05, 0) is 0 Å². The lowest BCUT2D eigenvalue weighted by Gasteiger charge is -2.27. The SMILES string of the molecule is Nc1nc(SCCC(=O)N2CCNCC2)n[nH]1. The van der Waals surface area contributed by atoms with Crippen LogP contribution in [0.1, 0.15) is 6.42 Å². The van der Waals surface area contributed by atoms with Crippen molar-refractivity contribution in [3.05, 3.63) is 0 Å². The zero-order valence-electron chi connectivity index (χ0n) is 9.48. The molecular weight excluding hydrogens is 240 g/mol. The van der Waals surface area contributed by atoms with Gasteiger partial charge in [0.2, 0.25) is 17.0 Å². The molecule has 4 N–H and O–H groups in total. The fourth-order valence-electron chi connectivity index (χ4n) is 1.62. The minimum atomic E-state index is 0.197. The first-order chi connectivity index (χ1) is 8.25. The molecule has 8 heteroatoms. The predicted octanol–water partition coefficient (Wildman–Crippen LogP) is -0.699. The molecule has 0 aromatic carbocycles. The number of piperazine rings is 1. The fourth-order valence-corrected chi connectivity index (χ4v) is 2.36. The van der Waals surface area contributed by atoms with Crippen LogP contribution in [0.25, 0.3) is 0 Å². The molecule has 2 heterocycles. The van der Waals surface area contributed by atoms with E-state index in [1.165, 1.54) is 11.8 Å². The maximum atomic E-state index is 11.8. The Morgan fingerprint density at radius 3 is 2.88 bits per heavy atom. The predicted molar refractivity (Wildman–Crippen MR) is 65.6 cm³/mol. The summed E-state index contributed by atoms with van der Waals surface area (Å²) in [6.07, 6.45) is 0.513. The minimum Gasteiger partial charge on any atom is -0.368 e. The number of carbonyl (C=O) groups is 1. The van der Waals surface area contributed by atoms with Crippen LogP contribution in [0, 0.1) is 0 Å². The second-order valence-electron chi connectivity index (χ2n) is 3.73. The smallest absolute Gasteiger partial charge is 0.223 e. The van der Waals surface area contributed by atoms with Gasteiger partial charge in [-0.1, -0.05) is 11.8 Å². The molecule has 1 aromatic heterocycles. The summed E-state index contributed by atoms with van der Waals surface area (Å²) in [7, 11) is 0. The molecule has 17 heavy (non-hydrogen) atoms. The summed E-state index contributed by atoms with van der Waals surface area (Å²) in [5.74, 6) is 1.18. The van der Waals surface area contributed by atoms with Crippen molar-refractivity contribution in [1.82, 2.24) is 25.4 Å². The molecule has 0 saturated carbocycles. The van der Waals surface area contributed by atoms with E-state index in [4.69, 9.17) is 5.73 Å². The largest absolute Gasteiger partial charge is 0.368 e. The Kier molecular flexibility index (Phi) is 4.21. The fraction of sp³-hybridized carbons (Fsp3) is 0.667. The second-order valence-corrected chi connectivity index (χ2v) is 4.79. The van der Waals surface area contributed by atoms with Crippen molar-refractivity contribution in [1.29, 1.82) is 0 Å². The number of H-pyrrole nitrogens is 1. The first-order valence-electron chi connectivity index (χ1n) is 5.55. The number of nitrogens with zero attached hydrogens (tertiary/aromatic N) is 3.